The van der Waals surface area contributed by atoms with E-state index >= 15 is 0 Å². The number of piperazine rings is 1. The molecule has 1 unspecified atom stereocenters. The predicted molar refractivity (Wildman–Crippen MR) is 93.0 cm³/mol. The molecule has 2 heterocycles. The topological polar surface area (TPSA) is 76.5 Å². The maximum Gasteiger partial charge on any atom is 0.260 e. The lowest BCUT2D eigenvalue weighted by Crippen LogP contribution is -2.49. The van der Waals surface area contributed by atoms with Crippen LogP contribution in [0.25, 0.3) is 0 Å². The zero-order valence-corrected chi connectivity index (χ0v) is 15.2. The predicted octanol–water partition coefficient (Wildman–Crippen LogP) is 1.19. The van der Waals surface area contributed by atoms with E-state index < -0.39 is 10.0 Å². The molecule has 0 saturated carbocycles. The van der Waals surface area contributed by atoms with Crippen molar-refractivity contribution >= 4 is 22.4 Å². The van der Waals surface area contributed by atoms with Gasteiger partial charge >= 0.3 is 0 Å². The molecule has 1 saturated heterocycles. The van der Waals surface area contributed by atoms with Gasteiger partial charge in [-0.2, -0.15) is 9.40 Å². The Morgan fingerprint density at radius 1 is 1.29 bits per heavy atom. The molecule has 0 spiro atoms. The summed E-state index contributed by atoms with van der Waals surface area (Å²) in [4.78, 5) is 0. The quantitative estimate of drug-likeness (QED) is 0.872. The molecule has 24 heavy (non-hydrogen) atoms. The van der Waals surface area contributed by atoms with Crippen molar-refractivity contribution in [3.63, 3.8) is 0 Å². The summed E-state index contributed by atoms with van der Waals surface area (Å²) in [7, 11) is -0.409. The summed E-state index contributed by atoms with van der Waals surface area (Å²) in [6.45, 7) is 1.55. The van der Waals surface area contributed by atoms with Crippen molar-refractivity contribution in [3.05, 3.63) is 42.1 Å². The van der Waals surface area contributed by atoms with Crippen LogP contribution in [-0.2, 0) is 17.1 Å². The number of methoxy groups -OCH3 is 1. The Bertz CT molecular complexity index is 794. The number of halogens is 1. The van der Waals surface area contributed by atoms with Crippen LogP contribution in [-0.4, -0.2) is 49.2 Å². The molecule has 3 rings (SSSR count). The van der Waals surface area contributed by atoms with E-state index in [1.165, 1.54) is 21.3 Å². The van der Waals surface area contributed by atoms with E-state index in [-0.39, 0.29) is 23.5 Å². The van der Waals surface area contributed by atoms with Crippen LogP contribution in [0.15, 0.2) is 41.6 Å². The molecule has 2 aromatic rings. The first-order valence-electron chi connectivity index (χ1n) is 7.39. The highest BCUT2D eigenvalue weighted by Crippen LogP contribution is 2.33. The molecule has 1 aliphatic heterocycles. The van der Waals surface area contributed by atoms with Gasteiger partial charge in [0.05, 0.1) is 19.3 Å². The fourth-order valence-corrected chi connectivity index (χ4v) is 4.62. The van der Waals surface area contributed by atoms with Gasteiger partial charge in [0.2, 0.25) is 0 Å². The molecule has 1 atom stereocenters. The highest BCUT2D eigenvalue weighted by Gasteiger charge is 2.37. The molecule has 0 radical (unpaired) electrons. The molecule has 1 N–H and O–H groups in total. The molecule has 132 valence electrons. The first-order valence-corrected chi connectivity index (χ1v) is 8.83. The molecular formula is C15H21ClN4O3S. The van der Waals surface area contributed by atoms with Crippen LogP contribution in [0, 0.1) is 0 Å². The third kappa shape index (κ3) is 3.27. The van der Waals surface area contributed by atoms with Crippen molar-refractivity contribution in [2.24, 2.45) is 7.05 Å². The number of ether oxygens (including phenoxy) is 1. The Kier molecular flexibility index (Phi) is 5.87. The highest BCUT2D eigenvalue weighted by molar-refractivity contribution is 7.89. The summed E-state index contributed by atoms with van der Waals surface area (Å²) in [6, 6.07) is 8.72. The molecule has 1 aliphatic rings. The second-order valence-corrected chi connectivity index (χ2v) is 7.21. The summed E-state index contributed by atoms with van der Waals surface area (Å²) in [5.74, 6) is 0.686. The first-order chi connectivity index (χ1) is 11.1. The Labute approximate surface area is 148 Å². The third-order valence-electron chi connectivity index (χ3n) is 4.04. The summed E-state index contributed by atoms with van der Waals surface area (Å²) in [6.07, 6.45) is 1.49. The van der Waals surface area contributed by atoms with Crippen LogP contribution in [0.5, 0.6) is 5.75 Å². The average Bonchev–Trinajstić information content (AvgIpc) is 3.01. The summed E-state index contributed by atoms with van der Waals surface area (Å²) in [5.41, 5.74) is 0.855. The van der Waals surface area contributed by atoms with Gasteiger partial charge in [0.25, 0.3) is 10.0 Å². The molecule has 0 bridgehead atoms. The van der Waals surface area contributed by atoms with Crippen molar-refractivity contribution in [2.75, 3.05) is 26.7 Å². The van der Waals surface area contributed by atoms with Crippen LogP contribution in [0.3, 0.4) is 0 Å². The number of benzene rings is 1. The summed E-state index contributed by atoms with van der Waals surface area (Å²) >= 11 is 0. The number of para-hydroxylation sites is 1. The largest absolute Gasteiger partial charge is 0.496 e. The van der Waals surface area contributed by atoms with E-state index in [9.17, 15) is 8.42 Å². The van der Waals surface area contributed by atoms with Crippen molar-refractivity contribution in [1.29, 1.82) is 0 Å². The van der Waals surface area contributed by atoms with Gasteiger partial charge < -0.3 is 10.1 Å². The molecule has 0 amide bonds. The highest BCUT2D eigenvalue weighted by atomic mass is 35.5. The SMILES string of the molecule is COc1ccccc1C1CNCCN1S(=O)(=O)c1ccnn1C.Cl. The molecule has 1 fully saturated rings. The lowest BCUT2D eigenvalue weighted by Gasteiger charge is -2.35. The second kappa shape index (κ2) is 7.52. The van der Waals surface area contributed by atoms with Crippen molar-refractivity contribution in [2.45, 2.75) is 11.1 Å². The van der Waals surface area contributed by atoms with Gasteiger partial charge in [-0.25, -0.2) is 8.42 Å². The number of hydrogen-bond donors (Lipinski definition) is 1. The molecule has 1 aromatic heterocycles. The summed E-state index contributed by atoms with van der Waals surface area (Å²) < 4.78 is 34.4. The minimum atomic E-state index is -3.63. The maximum atomic E-state index is 13.0. The van der Waals surface area contributed by atoms with Crippen LogP contribution in [0.4, 0.5) is 0 Å². The van der Waals surface area contributed by atoms with Crippen LogP contribution in [0.2, 0.25) is 0 Å². The molecule has 1 aromatic carbocycles. The number of hydrogen-bond acceptors (Lipinski definition) is 5. The van der Waals surface area contributed by atoms with Crippen LogP contribution < -0.4 is 10.1 Å². The molecule has 0 aliphatic carbocycles. The number of sulfonamides is 1. The first kappa shape index (κ1) is 18.7. The smallest absolute Gasteiger partial charge is 0.260 e. The molecule has 9 heteroatoms. The van der Waals surface area contributed by atoms with Gasteiger partial charge in [-0.3, -0.25) is 4.68 Å². The van der Waals surface area contributed by atoms with Gasteiger partial charge in [0.1, 0.15) is 5.75 Å². The van der Waals surface area contributed by atoms with E-state index in [4.69, 9.17) is 4.74 Å². The second-order valence-electron chi connectivity index (χ2n) is 5.37. The van der Waals surface area contributed by atoms with Crippen LogP contribution >= 0.6 is 12.4 Å². The lowest BCUT2D eigenvalue weighted by molar-refractivity contribution is 0.263. The number of rotatable bonds is 4. The molecular weight excluding hydrogens is 352 g/mol. The summed E-state index contributed by atoms with van der Waals surface area (Å²) in [5, 5.41) is 7.44. The Morgan fingerprint density at radius 3 is 2.71 bits per heavy atom. The number of aromatic nitrogens is 2. The number of aryl methyl sites for hydroxylation is 1. The minimum absolute atomic E-state index is 0. The van der Waals surface area contributed by atoms with Crippen molar-refractivity contribution < 1.29 is 13.2 Å². The fourth-order valence-electron chi connectivity index (χ4n) is 2.92. The maximum absolute atomic E-state index is 13.0. The van der Waals surface area contributed by atoms with Gasteiger partial charge in [-0.1, -0.05) is 18.2 Å². The standard InChI is InChI=1S/C15H20N4O3S.ClH/c1-18-15(7-8-17-18)23(20,21)19-10-9-16-11-13(19)12-5-3-4-6-14(12)22-2;/h3-8,13,16H,9-11H2,1-2H3;1H. The zero-order chi connectivity index (χ0) is 16.4. The number of nitrogens with one attached hydrogen (secondary N) is 1. The normalized spacial score (nSPS) is 18.8. The van der Waals surface area contributed by atoms with E-state index in [0.717, 1.165) is 5.56 Å². The Morgan fingerprint density at radius 2 is 2.04 bits per heavy atom. The number of nitrogens with zero attached hydrogens (tertiary/aromatic N) is 3. The van der Waals surface area contributed by atoms with Crippen molar-refractivity contribution in [3.8, 4) is 5.75 Å². The Balaban J connectivity index is 0.00000208. The van der Waals surface area contributed by atoms with Crippen molar-refractivity contribution in [1.82, 2.24) is 19.4 Å². The van der Waals surface area contributed by atoms with E-state index in [0.29, 0.717) is 25.4 Å². The van der Waals surface area contributed by atoms with Crippen LogP contribution in [0.1, 0.15) is 11.6 Å². The fraction of sp³-hybridized carbons (Fsp3) is 0.400. The Hall–Kier alpha value is -1.61. The van der Waals surface area contributed by atoms with Gasteiger partial charge in [-0.15, -0.1) is 12.4 Å². The van der Waals surface area contributed by atoms with Gasteiger partial charge in [0, 0.05) is 32.2 Å². The van der Waals surface area contributed by atoms with E-state index in [1.807, 2.05) is 24.3 Å². The third-order valence-corrected chi connectivity index (χ3v) is 6.02. The average molecular weight is 373 g/mol. The zero-order valence-electron chi connectivity index (χ0n) is 13.5. The van der Waals surface area contributed by atoms with Gasteiger partial charge in [0.15, 0.2) is 5.03 Å². The monoisotopic (exact) mass is 372 g/mol. The minimum Gasteiger partial charge on any atom is -0.496 e. The van der Waals surface area contributed by atoms with Gasteiger partial charge in [-0.05, 0) is 12.1 Å². The molecule has 7 nitrogen and oxygen atoms in total. The van der Waals surface area contributed by atoms with E-state index in [2.05, 4.69) is 10.4 Å². The van der Waals surface area contributed by atoms with E-state index in [1.54, 1.807) is 14.2 Å². The lowest BCUT2D eigenvalue weighted by atomic mass is 10.0.